The van der Waals surface area contributed by atoms with E-state index in [2.05, 4.69) is 154 Å². The number of piperidine rings is 1. The highest BCUT2D eigenvalue weighted by Crippen LogP contribution is 2.75. The average molecular weight is 870 g/mol. The number of rotatable bonds is 7. The lowest BCUT2D eigenvalue weighted by molar-refractivity contribution is -0.0190. The van der Waals surface area contributed by atoms with Crippen molar-refractivity contribution in [1.29, 1.82) is 0 Å². The predicted octanol–water partition coefficient (Wildman–Crippen LogP) is 14.6. The molecule has 3 heteroatoms. The zero-order valence-electron chi connectivity index (χ0n) is 39.0. The molecular weight excluding hydrogens is 797 g/mol. The maximum atomic E-state index is 2.53. The van der Waals surface area contributed by atoms with Gasteiger partial charge in [-0.1, -0.05) is 201 Å². The molecule has 4 saturated carbocycles. The van der Waals surface area contributed by atoms with Gasteiger partial charge in [0.15, 0.2) is 0 Å². The predicted molar refractivity (Wildman–Crippen MR) is 278 cm³/mol. The third kappa shape index (κ3) is 9.25. The molecule has 2 bridgehead atoms. The largest absolute Gasteiger partial charge is 0.298 e. The monoisotopic (exact) mass is 870 g/mol. The van der Waals surface area contributed by atoms with E-state index in [4.69, 9.17) is 0 Å². The number of benzene rings is 6. The first-order chi connectivity index (χ1) is 30.8. The SMILES string of the molecule is C1CC2CN2C1.C1CCCCCCC1.Cc1cc(C)cc(P(CC2CC3CCC4C[C@@H](P(c5cccc6ccccc56)c5cccc6ccccc56)C42C3)c2cc(C)cc(C)c2)c1. The Hall–Kier alpha value is -3.34. The molecule has 2 saturated heterocycles. The van der Waals surface area contributed by atoms with Crippen LogP contribution in [-0.2, 0) is 0 Å². The number of hydrogen-bond donors (Lipinski definition) is 0. The Morgan fingerprint density at radius 2 is 1.05 bits per heavy atom. The zero-order valence-corrected chi connectivity index (χ0v) is 40.8. The molecule has 7 atom stereocenters. The topological polar surface area (TPSA) is 3.01 Å². The van der Waals surface area contributed by atoms with Gasteiger partial charge in [0.05, 0.1) is 0 Å². The Morgan fingerprint density at radius 1 is 0.540 bits per heavy atom. The van der Waals surface area contributed by atoms with Gasteiger partial charge < -0.3 is 0 Å². The molecule has 6 aliphatic rings. The Labute approximate surface area is 383 Å². The van der Waals surface area contributed by atoms with E-state index in [0.717, 1.165) is 29.5 Å². The van der Waals surface area contributed by atoms with Crippen LogP contribution >= 0.6 is 15.8 Å². The van der Waals surface area contributed by atoms with Crippen molar-refractivity contribution in [3.63, 3.8) is 0 Å². The Kier molecular flexibility index (Phi) is 13.3. The summed E-state index contributed by atoms with van der Waals surface area (Å²) in [5.74, 6) is 2.52. The zero-order chi connectivity index (χ0) is 42.9. The van der Waals surface area contributed by atoms with Gasteiger partial charge in [0.25, 0.3) is 0 Å². The molecule has 6 fully saturated rings. The van der Waals surface area contributed by atoms with E-state index >= 15 is 0 Å². The first-order valence-electron chi connectivity index (χ1n) is 25.3. The van der Waals surface area contributed by atoms with E-state index in [1.807, 2.05) is 0 Å². The average Bonchev–Trinajstić information content (AvgIpc) is 3.69. The summed E-state index contributed by atoms with van der Waals surface area (Å²) in [4.78, 5) is 2.53. The second-order valence-corrected chi connectivity index (χ2v) is 25.5. The summed E-state index contributed by atoms with van der Waals surface area (Å²) < 4.78 is 0. The Balaban J connectivity index is 0.000000284. The molecule has 0 aromatic heterocycles. The molecule has 63 heavy (non-hydrogen) atoms. The number of fused-ring (bicyclic) bond motifs is 4. The van der Waals surface area contributed by atoms with E-state index in [1.54, 1.807) is 21.2 Å². The fourth-order valence-corrected chi connectivity index (χ4v) is 20.5. The van der Waals surface area contributed by atoms with Crippen molar-refractivity contribution in [2.75, 3.05) is 19.3 Å². The normalized spacial score (nSPS) is 27.0. The van der Waals surface area contributed by atoms with Gasteiger partial charge in [0, 0.05) is 12.6 Å². The fraction of sp³-hybridized carbons (Fsp3) is 0.467. The van der Waals surface area contributed by atoms with Crippen LogP contribution in [0.2, 0.25) is 0 Å². The third-order valence-electron chi connectivity index (χ3n) is 16.4. The van der Waals surface area contributed by atoms with Crippen molar-refractivity contribution in [2.45, 2.75) is 136 Å². The summed E-state index contributed by atoms with van der Waals surface area (Å²) in [6.07, 6.45) is 23.4. The van der Waals surface area contributed by atoms with E-state index < -0.39 is 15.8 Å². The van der Waals surface area contributed by atoms with Crippen LogP contribution in [0, 0.1) is 50.9 Å². The van der Waals surface area contributed by atoms with Crippen LogP contribution in [0.15, 0.2) is 121 Å². The minimum Gasteiger partial charge on any atom is -0.298 e. The molecule has 1 spiro atoms. The quantitative estimate of drug-likeness (QED) is 0.114. The molecule has 2 aliphatic heterocycles. The first-order valence-corrected chi connectivity index (χ1v) is 28.2. The van der Waals surface area contributed by atoms with Crippen molar-refractivity contribution in [2.24, 2.45) is 23.2 Å². The molecule has 12 rings (SSSR count). The smallest absolute Gasteiger partial charge is 0.0224 e. The molecule has 0 N–H and O–H groups in total. The van der Waals surface area contributed by atoms with Crippen LogP contribution in [0.4, 0.5) is 0 Å². The molecular formula is C60H73NP2. The Bertz CT molecular complexity index is 2310. The van der Waals surface area contributed by atoms with Crippen molar-refractivity contribution < 1.29 is 0 Å². The highest BCUT2D eigenvalue weighted by molar-refractivity contribution is 7.74. The number of aryl methyl sites for hydroxylation is 4. The first kappa shape index (κ1) is 43.5. The molecule has 2 heterocycles. The lowest BCUT2D eigenvalue weighted by atomic mass is 9.52. The molecule has 328 valence electrons. The highest BCUT2D eigenvalue weighted by atomic mass is 31.1. The fourth-order valence-electron chi connectivity index (χ4n) is 13.5. The minimum absolute atomic E-state index is 0.431. The molecule has 4 aliphatic carbocycles. The highest BCUT2D eigenvalue weighted by Gasteiger charge is 2.66. The molecule has 0 radical (unpaired) electrons. The van der Waals surface area contributed by atoms with Crippen molar-refractivity contribution in [3.8, 4) is 0 Å². The van der Waals surface area contributed by atoms with Crippen LogP contribution in [0.25, 0.3) is 21.5 Å². The number of hydrogen-bond acceptors (Lipinski definition) is 1. The van der Waals surface area contributed by atoms with Crippen molar-refractivity contribution in [3.05, 3.63) is 144 Å². The van der Waals surface area contributed by atoms with E-state index in [-0.39, 0.29) is 0 Å². The van der Waals surface area contributed by atoms with Gasteiger partial charge in [-0.15, -0.1) is 0 Å². The van der Waals surface area contributed by atoms with Gasteiger partial charge in [-0.3, -0.25) is 4.90 Å². The minimum atomic E-state index is -0.570. The lowest BCUT2D eigenvalue weighted by Crippen LogP contribution is -2.58. The lowest BCUT2D eigenvalue weighted by Gasteiger charge is -2.62. The molecule has 6 unspecified atom stereocenters. The molecule has 0 amide bonds. The van der Waals surface area contributed by atoms with Crippen LogP contribution in [0.3, 0.4) is 0 Å². The van der Waals surface area contributed by atoms with E-state index in [0.29, 0.717) is 5.41 Å². The molecule has 6 aromatic carbocycles. The van der Waals surface area contributed by atoms with Crippen molar-refractivity contribution >= 4 is 58.6 Å². The van der Waals surface area contributed by atoms with Crippen LogP contribution in [-0.4, -0.2) is 35.9 Å². The van der Waals surface area contributed by atoms with Gasteiger partial charge >= 0.3 is 0 Å². The van der Waals surface area contributed by atoms with Crippen LogP contribution < -0.4 is 21.2 Å². The van der Waals surface area contributed by atoms with Gasteiger partial charge in [0.1, 0.15) is 0 Å². The van der Waals surface area contributed by atoms with Crippen LogP contribution in [0.1, 0.15) is 119 Å². The standard InChI is InChI=1S/C47H48P2.C8H16.C5H9N/c1-31-21-32(2)24-40(23-31)48(41-25-33(3)22-34(4)26-41)30-39-27-35-19-20-38-28-46(47(38,39)29-35)49(44-17-9-13-36-11-5-7-15-42(36)44)45-18-10-14-37-12-6-8-16-43(37)45;1-2-4-6-8-7-5-3-1;1-2-5-4-6(5)3-1/h5-18,21-26,35,38-39,46H,19-20,27-30H2,1-4H3;1-8H2;5H,1-4H2/t35?,38?,39?,46-,47?;;/m1../s1. The summed E-state index contributed by atoms with van der Waals surface area (Å²) in [7, 11) is -1.03. The summed E-state index contributed by atoms with van der Waals surface area (Å²) in [6.45, 7) is 12.0. The Morgan fingerprint density at radius 3 is 1.51 bits per heavy atom. The molecule has 1 nitrogen and oxygen atoms in total. The number of nitrogens with zero attached hydrogens (tertiary/aromatic N) is 1. The van der Waals surface area contributed by atoms with Gasteiger partial charge in [0.2, 0.25) is 0 Å². The maximum absolute atomic E-state index is 2.53. The van der Waals surface area contributed by atoms with E-state index in [1.165, 1.54) is 159 Å². The molecule has 6 aromatic rings. The van der Waals surface area contributed by atoms with Gasteiger partial charge in [-0.2, -0.15) is 0 Å². The van der Waals surface area contributed by atoms with Crippen LogP contribution in [0.5, 0.6) is 0 Å². The summed E-state index contributed by atoms with van der Waals surface area (Å²) >= 11 is 0. The summed E-state index contributed by atoms with van der Waals surface area (Å²) in [5.41, 5.74) is 6.78. The van der Waals surface area contributed by atoms with E-state index in [9.17, 15) is 0 Å². The summed E-state index contributed by atoms with van der Waals surface area (Å²) in [6, 6.07) is 48.7. The second-order valence-electron chi connectivity index (χ2n) is 20.9. The van der Waals surface area contributed by atoms with Gasteiger partial charge in [-0.25, -0.2) is 0 Å². The summed E-state index contributed by atoms with van der Waals surface area (Å²) in [5, 5.41) is 12.1. The maximum Gasteiger partial charge on any atom is 0.0224 e. The second kappa shape index (κ2) is 19.2. The van der Waals surface area contributed by atoms with Crippen molar-refractivity contribution in [1.82, 2.24) is 4.90 Å². The van der Waals surface area contributed by atoms with Gasteiger partial charge in [-0.05, 0) is 166 Å². The third-order valence-corrected chi connectivity index (χ3v) is 22.1.